The Balaban J connectivity index is 1.43. The van der Waals surface area contributed by atoms with Crippen LogP contribution in [0.3, 0.4) is 0 Å². The van der Waals surface area contributed by atoms with Gasteiger partial charge in [-0.15, -0.1) is 0 Å². The van der Waals surface area contributed by atoms with Crippen molar-refractivity contribution < 1.29 is 19.4 Å². The minimum Gasteiger partial charge on any atom is -0.334 e. The molecule has 1 atom stereocenters. The lowest BCUT2D eigenvalue weighted by Gasteiger charge is -2.31. The van der Waals surface area contributed by atoms with Crippen LogP contribution in [-0.2, 0) is 9.59 Å². The number of amides is 2. The molecule has 3 rings (SSSR count). The minimum absolute atomic E-state index is 0.0552. The average Bonchev–Trinajstić information content (AvgIpc) is 2.77. The maximum atomic E-state index is 12.8. The predicted octanol–water partition coefficient (Wildman–Crippen LogP) is 0.245. The van der Waals surface area contributed by atoms with Crippen molar-refractivity contribution in [1.82, 2.24) is 4.90 Å². The molecule has 0 unspecified atom stereocenters. The number of quaternary nitrogens is 2. The molecule has 31 heavy (non-hydrogen) atoms. The Morgan fingerprint density at radius 3 is 2.19 bits per heavy atom. The van der Waals surface area contributed by atoms with Gasteiger partial charge in [-0.1, -0.05) is 42.5 Å². The average molecular weight is 425 g/mol. The normalized spacial score (nSPS) is 19.5. The molecule has 1 aliphatic rings. The van der Waals surface area contributed by atoms with Crippen LogP contribution in [0.5, 0.6) is 0 Å². The van der Waals surface area contributed by atoms with Gasteiger partial charge in [0.2, 0.25) is 0 Å². The third-order valence-electron chi connectivity index (χ3n) is 6.61. The van der Waals surface area contributed by atoms with E-state index in [9.17, 15) is 9.59 Å². The summed E-state index contributed by atoms with van der Waals surface area (Å²) in [5.41, 5.74) is 4.35. The summed E-state index contributed by atoms with van der Waals surface area (Å²) in [4.78, 5) is 29.7. The zero-order valence-corrected chi connectivity index (χ0v) is 19.2. The summed E-state index contributed by atoms with van der Waals surface area (Å²) in [7, 11) is 1.89. The molecule has 1 saturated heterocycles. The van der Waals surface area contributed by atoms with Gasteiger partial charge in [-0.3, -0.25) is 9.59 Å². The first-order chi connectivity index (χ1) is 14.8. The van der Waals surface area contributed by atoms with Crippen molar-refractivity contribution in [2.24, 2.45) is 0 Å². The largest absolute Gasteiger partial charge is 0.334 e. The fourth-order valence-corrected chi connectivity index (χ4v) is 4.13. The zero-order valence-electron chi connectivity index (χ0n) is 19.2. The van der Waals surface area contributed by atoms with Crippen LogP contribution in [0.2, 0.25) is 0 Å². The number of hydrogen-bond donors (Lipinski definition) is 3. The van der Waals surface area contributed by atoms with E-state index >= 15 is 0 Å². The molecule has 0 aromatic heterocycles. The summed E-state index contributed by atoms with van der Waals surface area (Å²) in [5, 5.41) is 3.06. The quantitative estimate of drug-likeness (QED) is 0.597. The number of anilines is 1. The Bertz CT molecular complexity index is 892. The second-order valence-electron chi connectivity index (χ2n) is 8.74. The second-order valence-corrected chi connectivity index (χ2v) is 8.74. The molecule has 3 N–H and O–H groups in total. The molecule has 0 spiro atoms. The number of hydrogen-bond acceptors (Lipinski definition) is 2. The molecule has 2 aromatic rings. The van der Waals surface area contributed by atoms with Crippen LogP contribution < -0.4 is 15.1 Å². The van der Waals surface area contributed by atoms with Crippen LogP contribution in [0.25, 0.3) is 0 Å². The van der Waals surface area contributed by atoms with Gasteiger partial charge in [-0.05, 0) is 43.5 Å². The summed E-state index contributed by atoms with van der Waals surface area (Å²) in [5.74, 6) is 0.224. The van der Waals surface area contributed by atoms with E-state index in [0.717, 1.165) is 43.0 Å². The van der Waals surface area contributed by atoms with E-state index in [4.69, 9.17) is 0 Å². The third kappa shape index (κ3) is 6.15. The number of carbonyl (C=O) groups is 2. The highest BCUT2D eigenvalue weighted by Gasteiger charge is 2.28. The van der Waals surface area contributed by atoms with E-state index in [2.05, 4.69) is 37.4 Å². The Hall–Kier alpha value is -2.70. The van der Waals surface area contributed by atoms with Gasteiger partial charge in [-0.25, -0.2) is 0 Å². The van der Waals surface area contributed by atoms with Crippen molar-refractivity contribution in [3.8, 4) is 0 Å². The van der Waals surface area contributed by atoms with Gasteiger partial charge < -0.3 is 20.0 Å². The number of aryl methyl sites for hydroxylation is 1. The SMILES string of the molecule is Cc1cccc(NC(=O)C[NH+]2CC[NH+](CC(=O)N(C)[C@@H](C)c3ccccc3)CC2)c1C. The number of piperazine rings is 1. The number of likely N-dealkylation sites (N-methyl/N-ethyl adjacent to an activating group) is 1. The van der Waals surface area contributed by atoms with Gasteiger partial charge in [0.15, 0.2) is 13.1 Å². The van der Waals surface area contributed by atoms with E-state index in [1.807, 2.05) is 49.2 Å². The number of nitrogens with one attached hydrogen (secondary N) is 3. The molecule has 6 heteroatoms. The summed E-state index contributed by atoms with van der Waals surface area (Å²) in [6.45, 7) is 10.8. The van der Waals surface area contributed by atoms with Crippen molar-refractivity contribution in [2.75, 3.05) is 51.6 Å². The molecule has 1 heterocycles. The first-order valence-corrected chi connectivity index (χ1v) is 11.2. The highest BCUT2D eigenvalue weighted by Crippen LogP contribution is 2.18. The Morgan fingerprint density at radius 2 is 1.55 bits per heavy atom. The second kappa shape index (κ2) is 10.6. The maximum Gasteiger partial charge on any atom is 0.279 e. The highest BCUT2D eigenvalue weighted by molar-refractivity contribution is 5.92. The Labute approximate surface area is 185 Å². The predicted molar refractivity (Wildman–Crippen MR) is 123 cm³/mol. The smallest absolute Gasteiger partial charge is 0.279 e. The standard InChI is InChI=1S/C25H34N4O2/c1-19-9-8-12-23(20(19)2)26-24(30)17-28-13-15-29(16-14-28)18-25(31)27(4)21(3)22-10-6-5-7-11-22/h5-12,21H,13-18H2,1-4H3,(H,26,30)/p+2/t21-/m0/s1. The molecule has 2 aromatic carbocycles. The third-order valence-corrected chi connectivity index (χ3v) is 6.61. The minimum atomic E-state index is 0.0552. The van der Waals surface area contributed by atoms with Gasteiger partial charge >= 0.3 is 0 Å². The lowest BCUT2D eigenvalue weighted by molar-refractivity contribution is -1.00. The van der Waals surface area contributed by atoms with Crippen LogP contribution in [0.1, 0.15) is 29.7 Å². The van der Waals surface area contributed by atoms with Gasteiger partial charge in [-0.2, -0.15) is 0 Å². The molecule has 166 valence electrons. The Kier molecular flexibility index (Phi) is 7.82. The lowest BCUT2D eigenvalue weighted by Crippen LogP contribution is -3.28. The van der Waals surface area contributed by atoms with Gasteiger partial charge in [0, 0.05) is 12.7 Å². The molecule has 0 radical (unpaired) electrons. The molecule has 1 fully saturated rings. The number of carbonyl (C=O) groups excluding carboxylic acids is 2. The molecule has 0 saturated carbocycles. The number of rotatable bonds is 7. The molecule has 2 amide bonds. The molecule has 6 nitrogen and oxygen atoms in total. The zero-order chi connectivity index (χ0) is 22.4. The first kappa shape index (κ1) is 23.0. The van der Waals surface area contributed by atoms with E-state index in [0.29, 0.717) is 13.1 Å². The first-order valence-electron chi connectivity index (χ1n) is 11.2. The van der Waals surface area contributed by atoms with Gasteiger partial charge in [0.25, 0.3) is 11.8 Å². The summed E-state index contributed by atoms with van der Waals surface area (Å²) >= 11 is 0. The lowest BCUT2D eigenvalue weighted by atomic mass is 10.1. The van der Waals surface area contributed by atoms with Crippen LogP contribution in [-0.4, -0.2) is 63.0 Å². The number of benzene rings is 2. The molecule has 0 aliphatic carbocycles. The summed E-state index contributed by atoms with van der Waals surface area (Å²) in [6, 6.07) is 16.2. The fourth-order valence-electron chi connectivity index (χ4n) is 4.13. The van der Waals surface area contributed by atoms with Crippen molar-refractivity contribution in [3.63, 3.8) is 0 Å². The van der Waals surface area contributed by atoms with Gasteiger partial charge in [0.1, 0.15) is 26.2 Å². The van der Waals surface area contributed by atoms with Crippen LogP contribution in [0.15, 0.2) is 48.5 Å². The molecular formula is C25H36N4O2+2. The van der Waals surface area contributed by atoms with Crippen LogP contribution in [0, 0.1) is 13.8 Å². The van der Waals surface area contributed by atoms with Crippen molar-refractivity contribution in [3.05, 3.63) is 65.2 Å². The van der Waals surface area contributed by atoms with Gasteiger partial charge in [0.05, 0.1) is 6.04 Å². The van der Waals surface area contributed by atoms with Crippen molar-refractivity contribution in [1.29, 1.82) is 0 Å². The monoisotopic (exact) mass is 424 g/mol. The van der Waals surface area contributed by atoms with Crippen LogP contribution >= 0.6 is 0 Å². The van der Waals surface area contributed by atoms with Crippen molar-refractivity contribution >= 4 is 17.5 Å². The van der Waals surface area contributed by atoms with E-state index in [1.54, 1.807) is 0 Å². The van der Waals surface area contributed by atoms with E-state index in [-0.39, 0.29) is 17.9 Å². The van der Waals surface area contributed by atoms with Crippen molar-refractivity contribution in [2.45, 2.75) is 26.8 Å². The Morgan fingerprint density at radius 1 is 0.935 bits per heavy atom. The summed E-state index contributed by atoms with van der Waals surface area (Å²) < 4.78 is 0. The molecule has 0 bridgehead atoms. The maximum absolute atomic E-state index is 12.8. The summed E-state index contributed by atoms with van der Waals surface area (Å²) in [6.07, 6.45) is 0. The van der Waals surface area contributed by atoms with Crippen LogP contribution in [0.4, 0.5) is 5.69 Å². The van der Waals surface area contributed by atoms with E-state index in [1.165, 1.54) is 15.4 Å². The molecular weight excluding hydrogens is 388 g/mol. The molecule has 1 aliphatic heterocycles. The van der Waals surface area contributed by atoms with E-state index < -0.39 is 0 Å². The highest BCUT2D eigenvalue weighted by atomic mass is 16.2. The topological polar surface area (TPSA) is 58.3 Å². The number of nitrogens with zero attached hydrogens (tertiary/aromatic N) is 1. The fraction of sp³-hybridized carbons (Fsp3) is 0.440.